The number of hydrogen-bond donors (Lipinski definition) is 0. The molecule has 0 saturated heterocycles. The molecule has 2 rings (SSSR count). The van der Waals surface area contributed by atoms with Crippen molar-refractivity contribution in [2.45, 2.75) is 72.9 Å². The van der Waals surface area contributed by atoms with Gasteiger partial charge in [0, 0.05) is 0 Å². The van der Waals surface area contributed by atoms with Crippen LogP contribution in [0.3, 0.4) is 0 Å². The van der Waals surface area contributed by atoms with E-state index in [0.717, 1.165) is 12.8 Å². The van der Waals surface area contributed by atoms with E-state index in [1.165, 1.54) is 30.4 Å². The molecule has 0 spiro atoms. The predicted octanol–water partition coefficient (Wildman–Crippen LogP) is 6.32. The molecule has 0 heterocycles. The first kappa shape index (κ1) is 20.1. The van der Waals surface area contributed by atoms with Gasteiger partial charge in [-0.1, -0.05) is 70.9 Å². The Bertz CT molecular complexity index is 524. The molecule has 0 amide bonds. The fraction of sp³-hybridized carbons (Fsp3) is 0.600. The summed E-state index contributed by atoms with van der Waals surface area (Å²) in [6, 6.07) is 0. The summed E-state index contributed by atoms with van der Waals surface area (Å²) in [4.78, 5) is 0. The summed E-state index contributed by atoms with van der Waals surface area (Å²) in [7, 11) is 0. The summed E-state index contributed by atoms with van der Waals surface area (Å²) in [6.07, 6.45) is 16.3. The molecule has 0 unspecified atom stereocenters. The SMILES string of the molecule is CCC1=C(CC)C(CC)(CC)[C-]=C1C1=CC=CC1.C[Si](C)=[Zr]. The summed E-state index contributed by atoms with van der Waals surface area (Å²) >= 11 is 1.74. The summed E-state index contributed by atoms with van der Waals surface area (Å²) in [5.74, 6) is 0. The zero-order valence-electron chi connectivity index (χ0n) is 15.3. The van der Waals surface area contributed by atoms with E-state index < -0.39 is 0 Å². The van der Waals surface area contributed by atoms with Crippen molar-refractivity contribution in [3.05, 3.63) is 46.6 Å². The molecule has 2 aliphatic carbocycles. The van der Waals surface area contributed by atoms with Crippen LogP contribution in [0.5, 0.6) is 0 Å². The number of rotatable bonds is 5. The van der Waals surface area contributed by atoms with Crippen molar-refractivity contribution in [3.63, 3.8) is 0 Å². The summed E-state index contributed by atoms with van der Waals surface area (Å²) < 4.78 is 0. The van der Waals surface area contributed by atoms with Crippen molar-refractivity contribution in [1.82, 2.24) is 0 Å². The molecule has 2 heteroatoms. The van der Waals surface area contributed by atoms with Gasteiger partial charge in [0.2, 0.25) is 0 Å². The Labute approximate surface area is 153 Å². The molecular formula is C20H31SiZr-. The maximum absolute atomic E-state index is 3.88. The molecule has 0 saturated carbocycles. The van der Waals surface area contributed by atoms with E-state index in [4.69, 9.17) is 0 Å². The molecule has 22 heavy (non-hydrogen) atoms. The van der Waals surface area contributed by atoms with E-state index >= 15 is 0 Å². The van der Waals surface area contributed by atoms with Gasteiger partial charge in [-0.25, -0.2) is 0 Å². The minimum atomic E-state index is 0.210. The van der Waals surface area contributed by atoms with Gasteiger partial charge >= 0.3 is 41.9 Å². The Morgan fingerprint density at radius 1 is 1.14 bits per heavy atom. The van der Waals surface area contributed by atoms with Gasteiger partial charge < -0.3 is 0 Å². The molecule has 0 atom stereocenters. The zero-order chi connectivity index (χ0) is 16.8. The molecular weight excluding hydrogens is 360 g/mol. The Morgan fingerprint density at radius 2 is 1.73 bits per heavy atom. The Hall–Kier alpha value is 0.0600. The average Bonchev–Trinajstić information content (AvgIpc) is 3.11. The zero-order valence-corrected chi connectivity index (χ0v) is 18.7. The van der Waals surface area contributed by atoms with Gasteiger partial charge in [-0.2, -0.15) is 11.6 Å². The predicted molar refractivity (Wildman–Crippen MR) is 96.7 cm³/mol. The average molecular weight is 391 g/mol. The Morgan fingerprint density at radius 3 is 2.09 bits per heavy atom. The molecule has 0 radical (unpaired) electrons. The van der Waals surface area contributed by atoms with Crippen molar-refractivity contribution in [2.75, 3.05) is 0 Å². The van der Waals surface area contributed by atoms with Crippen molar-refractivity contribution in [3.8, 4) is 0 Å². The molecule has 0 bridgehead atoms. The number of hydrogen-bond acceptors (Lipinski definition) is 0. The van der Waals surface area contributed by atoms with Crippen LogP contribution >= 0.6 is 0 Å². The van der Waals surface area contributed by atoms with E-state index in [1.54, 1.807) is 34.5 Å². The van der Waals surface area contributed by atoms with Crippen LogP contribution in [0.2, 0.25) is 13.1 Å². The second-order valence-electron chi connectivity index (χ2n) is 6.28. The van der Waals surface area contributed by atoms with Crippen molar-refractivity contribution in [1.29, 1.82) is 0 Å². The van der Waals surface area contributed by atoms with Crippen molar-refractivity contribution >= 4 is 5.43 Å². The minimum absolute atomic E-state index is 0.210. The van der Waals surface area contributed by atoms with Crippen LogP contribution in [-0.4, -0.2) is 5.43 Å². The standard InChI is InChI=1S/C18H25.C2H6Si.Zr/c1-5-15-16(14-11-9-10-12-14)13-18(7-3,8-4)17(15)6-2;1-3-2;/h9-11H,5-8,12H2,1-4H3;1-2H3;/q-1;;. The van der Waals surface area contributed by atoms with Gasteiger partial charge in [0.05, 0.1) is 0 Å². The third kappa shape index (κ3) is 4.54. The molecule has 0 aromatic carbocycles. The van der Waals surface area contributed by atoms with Gasteiger partial charge in [-0.05, 0) is 6.42 Å². The van der Waals surface area contributed by atoms with Crippen molar-refractivity contribution in [2.24, 2.45) is 5.41 Å². The van der Waals surface area contributed by atoms with Crippen molar-refractivity contribution < 1.29 is 23.3 Å². The van der Waals surface area contributed by atoms with Crippen LogP contribution in [0.1, 0.15) is 59.8 Å². The van der Waals surface area contributed by atoms with E-state index in [2.05, 4.69) is 65.1 Å². The van der Waals surface area contributed by atoms with Crippen LogP contribution in [0.25, 0.3) is 0 Å². The summed E-state index contributed by atoms with van der Waals surface area (Å²) in [6.45, 7) is 13.8. The van der Waals surface area contributed by atoms with E-state index in [9.17, 15) is 0 Å². The molecule has 0 aliphatic heterocycles. The normalized spacial score (nSPS) is 18.8. The molecule has 2 aliphatic rings. The summed E-state index contributed by atoms with van der Waals surface area (Å²) in [5.41, 5.74) is 6.57. The molecule has 0 N–H and O–H groups in total. The maximum atomic E-state index is 3.88. The summed E-state index contributed by atoms with van der Waals surface area (Å²) in [5, 5.41) is 0. The van der Waals surface area contributed by atoms with E-state index in [-0.39, 0.29) is 10.8 Å². The fourth-order valence-corrected chi connectivity index (χ4v) is 3.53. The van der Waals surface area contributed by atoms with Gasteiger partial charge in [0.15, 0.2) is 0 Å². The molecule has 0 aromatic rings. The Balaban J connectivity index is 0.000000541. The first-order valence-electron chi connectivity index (χ1n) is 8.71. The molecule has 120 valence electrons. The van der Waals surface area contributed by atoms with Gasteiger partial charge in [-0.15, -0.1) is 22.8 Å². The molecule has 0 aromatic heterocycles. The van der Waals surface area contributed by atoms with Crippen LogP contribution in [0, 0.1) is 11.5 Å². The van der Waals surface area contributed by atoms with Crippen LogP contribution in [-0.2, 0) is 23.3 Å². The quantitative estimate of drug-likeness (QED) is 0.380. The fourth-order valence-electron chi connectivity index (χ4n) is 3.53. The number of allylic oxidation sites excluding steroid dienone is 8. The molecule has 0 nitrogen and oxygen atoms in total. The second kappa shape index (κ2) is 9.38. The van der Waals surface area contributed by atoms with Gasteiger partial charge in [0.25, 0.3) is 0 Å². The first-order chi connectivity index (χ1) is 10.5. The monoisotopic (exact) mass is 389 g/mol. The van der Waals surface area contributed by atoms with Crippen LogP contribution < -0.4 is 0 Å². The van der Waals surface area contributed by atoms with E-state index in [0.29, 0.717) is 0 Å². The third-order valence-corrected chi connectivity index (χ3v) is 4.61. The second-order valence-corrected chi connectivity index (χ2v) is 15.7. The third-order valence-electron chi connectivity index (χ3n) is 4.61. The topological polar surface area (TPSA) is 0 Å². The van der Waals surface area contributed by atoms with Gasteiger partial charge in [0.1, 0.15) is 0 Å². The van der Waals surface area contributed by atoms with Gasteiger partial charge in [-0.3, -0.25) is 0 Å². The van der Waals surface area contributed by atoms with Crippen LogP contribution in [0.4, 0.5) is 0 Å². The Kier molecular flexibility index (Phi) is 8.57. The van der Waals surface area contributed by atoms with Crippen LogP contribution in [0.15, 0.2) is 40.5 Å². The van der Waals surface area contributed by atoms with E-state index in [1.807, 2.05) is 0 Å². The molecule has 0 fully saturated rings. The first-order valence-corrected chi connectivity index (χ1v) is 14.9.